The van der Waals surface area contributed by atoms with E-state index in [9.17, 15) is 5.26 Å². The first kappa shape index (κ1) is 13.9. The third-order valence-corrected chi connectivity index (χ3v) is 3.47. The fourth-order valence-corrected chi connectivity index (χ4v) is 2.62. The van der Waals surface area contributed by atoms with Crippen LogP contribution in [0.5, 0.6) is 0 Å². The summed E-state index contributed by atoms with van der Waals surface area (Å²) in [5.41, 5.74) is 1.35. The minimum Gasteiger partial charge on any atom is -0.264 e. The third-order valence-electron chi connectivity index (χ3n) is 2.46. The van der Waals surface area contributed by atoms with Crippen LogP contribution in [0.4, 0.5) is 0 Å². The van der Waals surface area contributed by atoms with Gasteiger partial charge in [0.05, 0.1) is 20.7 Å². The SMILES string of the molecule is N#C/C(=C(/Cl)c1c(Cl)cccc1Cl)c1cccnc1. The van der Waals surface area contributed by atoms with Crippen LogP contribution in [0.1, 0.15) is 11.1 Å². The highest BCUT2D eigenvalue weighted by atomic mass is 35.5. The van der Waals surface area contributed by atoms with Crippen LogP contribution in [0.2, 0.25) is 10.0 Å². The van der Waals surface area contributed by atoms with E-state index in [2.05, 4.69) is 11.1 Å². The number of pyridine rings is 1. The molecule has 2 rings (SSSR count). The molecule has 0 aliphatic rings. The summed E-state index contributed by atoms with van der Waals surface area (Å²) in [7, 11) is 0. The number of nitriles is 1. The van der Waals surface area contributed by atoms with Crippen molar-refractivity contribution in [1.82, 2.24) is 4.98 Å². The second-order valence-electron chi connectivity index (χ2n) is 3.64. The Kier molecular flexibility index (Phi) is 4.44. The molecular formula is C14H7Cl3N2. The van der Waals surface area contributed by atoms with E-state index in [-0.39, 0.29) is 10.6 Å². The first-order chi connectivity index (χ1) is 9.15. The molecule has 0 aliphatic heterocycles. The molecule has 1 heterocycles. The minimum atomic E-state index is 0.214. The Bertz CT molecular complexity index is 653. The van der Waals surface area contributed by atoms with Crippen LogP contribution in [0, 0.1) is 11.3 Å². The van der Waals surface area contributed by atoms with Crippen molar-refractivity contribution >= 4 is 45.4 Å². The van der Waals surface area contributed by atoms with Crippen LogP contribution in [0.15, 0.2) is 42.7 Å². The number of hydrogen-bond donors (Lipinski definition) is 0. The smallest absolute Gasteiger partial charge is 0.101 e. The summed E-state index contributed by atoms with van der Waals surface area (Å²) in [6.45, 7) is 0. The van der Waals surface area contributed by atoms with E-state index in [1.807, 2.05) is 0 Å². The van der Waals surface area contributed by atoms with Crippen molar-refractivity contribution < 1.29 is 0 Å². The van der Waals surface area contributed by atoms with Crippen molar-refractivity contribution in [1.29, 1.82) is 5.26 Å². The van der Waals surface area contributed by atoms with Crippen LogP contribution < -0.4 is 0 Å². The molecule has 2 nitrogen and oxygen atoms in total. The lowest BCUT2D eigenvalue weighted by Gasteiger charge is -2.08. The molecule has 0 bridgehead atoms. The summed E-state index contributed by atoms with van der Waals surface area (Å²) in [5, 5.41) is 10.3. The third kappa shape index (κ3) is 2.90. The molecule has 0 aliphatic carbocycles. The minimum absolute atomic E-state index is 0.214. The van der Waals surface area contributed by atoms with Gasteiger partial charge in [-0.1, -0.05) is 46.9 Å². The predicted octanol–water partition coefficient (Wildman–Crippen LogP) is 5.02. The van der Waals surface area contributed by atoms with E-state index in [0.29, 0.717) is 21.2 Å². The molecule has 0 amide bonds. The summed E-state index contributed by atoms with van der Waals surface area (Å²) in [5.74, 6) is 0. The van der Waals surface area contributed by atoms with Crippen LogP contribution in [0.3, 0.4) is 0 Å². The maximum atomic E-state index is 9.29. The molecule has 0 unspecified atom stereocenters. The topological polar surface area (TPSA) is 36.7 Å². The van der Waals surface area contributed by atoms with E-state index in [1.165, 1.54) is 0 Å². The number of benzene rings is 1. The maximum Gasteiger partial charge on any atom is 0.101 e. The van der Waals surface area contributed by atoms with Gasteiger partial charge in [0.2, 0.25) is 0 Å². The largest absolute Gasteiger partial charge is 0.264 e. The van der Waals surface area contributed by atoms with Crippen LogP contribution in [0.25, 0.3) is 10.6 Å². The Hall–Kier alpha value is -1.53. The standard InChI is InChI=1S/C14H7Cl3N2/c15-11-4-1-5-12(16)13(11)14(17)10(7-18)9-3-2-6-19-8-9/h1-6,8H/b14-10-. The van der Waals surface area contributed by atoms with E-state index in [4.69, 9.17) is 34.8 Å². The van der Waals surface area contributed by atoms with E-state index >= 15 is 0 Å². The van der Waals surface area contributed by atoms with E-state index in [0.717, 1.165) is 0 Å². The Morgan fingerprint density at radius 1 is 1.11 bits per heavy atom. The highest BCUT2D eigenvalue weighted by Crippen LogP contribution is 2.37. The average molecular weight is 310 g/mol. The summed E-state index contributed by atoms with van der Waals surface area (Å²) in [4.78, 5) is 3.96. The van der Waals surface area contributed by atoms with Gasteiger partial charge in [-0.2, -0.15) is 5.26 Å². The van der Waals surface area contributed by atoms with Gasteiger partial charge in [0.1, 0.15) is 6.07 Å². The molecule has 0 N–H and O–H groups in total. The van der Waals surface area contributed by atoms with Gasteiger partial charge in [0.15, 0.2) is 0 Å². The number of hydrogen-bond acceptors (Lipinski definition) is 2. The second-order valence-corrected chi connectivity index (χ2v) is 4.83. The molecule has 19 heavy (non-hydrogen) atoms. The summed E-state index contributed by atoms with van der Waals surface area (Å²) < 4.78 is 0. The van der Waals surface area contributed by atoms with Crippen LogP contribution >= 0.6 is 34.8 Å². The van der Waals surface area contributed by atoms with Crippen molar-refractivity contribution in [2.45, 2.75) is 0 Å². The lowest BCUT2D eigenvalue weighted by molar-refractivity contribution is 1.31. The Morgan fingerprint density at radius 2 is 1.79 bits per heavy atom. The summed E-state index contributed by atoms with van der Waals surface area (Å²) >= 11 is 18.4. The van der Waals surface area contributed by atoms with Gasteiger partial charge in [-0.05, 0) is 18.2 Å². The molecule has 0 saturated carbocycles. The van der Waals surface area contributed by atoms with Gasteiger partial charge in [-0.3, -0.25) is 4.98 Å². The van der Waals surface area contributed by atoms with E-state index in [1.54, 1.807) is 42.7 Å². The number of nitrogens with zero attached hydrogens (tertiary/aromatic N) is 2. The molecule has 0 fully saturated rings. The molecule has 0 atom stereocenters. The summed E-state index contributed by atoms with van der Waals surface area (Å²) in [6.07, 6.45) is 3.18. The average Bonchev–Trinajstić information content (AvgIpc) is 2.40. The normalized spacial score (nSPS) is 11.7. The zero-order valence-electron chi connectivity index (χ0n) is 9.57. The first-order valence-corrected chi connectivity index (χ1v) is 6.43. The second kappa shape index (κ2) is 6.08. The Balaban J connectivity index is 2.67. The lowest BCUT2D eigenvalue weighted by Crippen LogP contribution is -1.89. The fourth-order valence-electron chi connectivity index (χ4n) is 1.58. The van der Waals surface area contributed by atoms with Crippen molar-refractivity contribution in [2.24, 2.45) is 0 Å². The van der Waals surface area contributed by atoms with Crippen molar-refractivity contribution in [3.63, 3.8) is 0 Å². The number of aromatic nitrogens is 1. The predicted molar refractivity (Wildman–Crippen MR) is 79.0 cm³/mol. The van der Waals surface area contributed by atoms with Crippen molar-refractivity contribution in [2.75, 3.05) is 0 Å². The highest BCUT2D eigenvalue weighted by molar-refractivity contribution is 6.56. The van der Waals surface area contributed by atoms with Gasteiger partial charge >= 0.3 is 0 Å². The Morgan fingerprint density at radius 3 is 2.32 bits per heavy atom. The first-order valence-electron chi connectivity index (χ1n) is 5.29. The molecule has 1 aromatic heterocycles. The van der Waals surface area contributed by atoms with Gasteiger partial charge in [0, 0.05) is 23.5 Å². The van der Waals surface area contributed by atoms with Gasteiger partial charge in [-0.25, -0.2) is 0 Å². The fraction of sp³-hybridized carbons (Fsp3) is 0. The summed E-state index contributed by atoms with van der Waals surface area (Å²) in [6, 6.07) is 10.6. The van der Waals surface area contributed by atoms with Gasteiger partial charge in [-0.15, -0.1) is 0 Å². The highest BCUT2D eigenvalue weighted by Gasteiger charge is 2.15. The molecule has 5 heteroatoms. The van der Waals surface area contributed by atoms with Gasteiger partial charge in [0.25, 0.3) is 0 Å². The molecule has 0 radical (unpaired) electrons. The lowest BCUT2D eigenvalue weighted by atomic mass is 10.1. The van der Waals surface area contributed by atoms with Crippen molar-refractivity contribution in [3.8, 4) is 6.07 Å². The molecule has 1 aromatic carbocycles. The maximum absolute atomic E-state index is 9.29. The molecular weight excluding hydrogens is 303 g/mol. The number of rotatable bonds is 2. The zero-order chi connectivity index (χ0) is 13.8. The molecule has 94 valence electrons. The van der Waals surface area contributed by atoms with Crippen molar-refractivity contribution in [3.05, 3.63) is 63.9 Å². The molecule has 0 saturated heterocycles. The molecule has 0 spiro atoms. The monoisotopic (exact) mass is 308 g/mol. The van der Waals surface area contributed by atoms with E-state index < -0.39 is 0 Å². The Labute approximate surface area is 125 Å². The number of halogens is 3. The van der Waals surface area contributed by atoms with Gasteiger partial charge < -0.3 is 0 Å². The quantitative estimate of drug-likeness (QED) is 0.730. The van der Waals surface area contributed by atoms with Crippen LogP contribution in [-0.2, 0) is 0 Å². The number of allylic oxidation sites excluding steroid dienone is 1. The zero-order valence-corrected chi connectivity index (χ0v) is 11.8. The van der Waals surface area contributed by atoms with Crippen LogP contribution in [-0.4, -0.2) is 4.98 Å². The molecule has 2 aromatic rings.